The highest BCUT2D eigenvalue weighted by Crippen LogP contribution is 2.62. The zero-order valence-corrected chi connectivity index (χ0v) is 30.4. The number of halogens is 5. The van der Waals surface area contributed by atoms with Crippen LogP contribution in [0, 0.1) is 23.2 Å². The molecule has 6 rings (SSSR count). The van der Waals surface area contributed by atoms with Gasteiger partial charge in [0, 0.05) is 72.8 Å². The average molecular weight is 747 g/mol. The van der Waals surface area contributed by atoms with E-state index in [1.165, 1.54) is 0 Å². The number of amides is 1. The van der Waals surface area contributed by atoms with Crippen LogP contribution in [0.3, 0.4) is 0 Å². The second-order valence-corrected chi connectivity index (χ2v) is 17.1. The van der Waals surface area contributed by atoms with Crippen molar-refractivity contribution >= 4 is 22.7 Å². The second-order valence-electron chi connectivity index (χ2n) is 15.4. The molecule has 0 radical (unpaired) electrons. The molecule has 1 aromatic rings. The number of ketones is 1. The number of piperidine rings is 1. The van der Waals surface area contributed by atoms with Gasteiger partial charge >= 0.3 is 18.2 Å². The Morgan fingerprint density at radius 3 is 2.39 bits per heavy atom. The number of carbonyl (C=O) groups is 2. The molecule has 1 aromatic carbocycles. The molecule has 0 bridgehead atoms. The van der Waals surface area contributed by atoms with E-state index in [1.807, 2.05) is 12.1 Å². The van der Waals surface area contributed by atoms with Crippen molar-refractivity contribution in [1.29, 1.82) is 0 Å². The van der Waals surface area contributed by atoms with Gasteiger partial charge in [0.25, 0.3) is 0 Å². The van der Waals surface area contributed by atoms with Crippen molar-refractivity contribution in [3.8, 4) is 11.5 Å². The zero-order chi connectivity index (χ0) is 36.6. The molecule has 1 amide bonds. The zero-order valence-electron chi connectivity index (χ0n) is 29.6. The monoisotopic (exact) mass is 746 g/mol. The van der Waals surface area contributed by atoms with Crippen LogP contribution in [0.5, 0.6) is 11.5 Å². The maximum absolute atomic E-state index is 13.4. The maximum Gasteiger partial charge on any atom is 0.453 e. The minimum Gasteiger partial charge on any atom is -0.493 e. The summed E-state index contributed by atoms with van der Waals surface area (Å²) in [4.78, 5) is 30.7. The van der Waals surface area contributed by atoms with Crippen molar-refractivity contribution < 1.29 is 50.0 Å². The highest BCUT2D eigenvalue weighted by atomic mass is 32.2. The van der Waals surface area contributed by atoms with Gasteiger partial charge in [-0.15, -0.1) is 0 Å². The molecule has 3 aliphatic carbocycles. The van der Waals surface area contributed by atoms with Crippen LogP contribution < -0.4 is 9.47 Å². The standard InChI is InChI=1S/C37H51F5N2O6S/c1-35-12-8-27-28-23-30(48-2)31(50-34(46)44-13-9-26(10-14-44)43-15-17-49-18-16-43)22-25(28)21-24(33(27)29(35)6-7-32(35)45)5-3-19-51(47)20-4-11-36(38,39)37(40,41)42/h22-24,26-27,29,33H,3-21H2,1-2H3/t24-,27-,29+,33-,35+,51?/m1/s1. The molecule has 0 aromatic heterocycles. The summed E-state index contributed by atoms with van der Waals surface area (Å²) < 4.78 is 94.3. The quantitative estimate of drug-likeness (QED) is 0.223. The predicted octanol–water partition coefficient (Wildman–Crippen LogP) is 7.15. The number of morpholine rings is 1. The number of benzene rings is 1. The number of Topliss-reactive ketones (excluding diaryl/α,β-unsaturated/α-hetero) is 1. The molecule has 6 atom stereocenters. The fourth-order valence-corrected chi connectivity index (χ4v) is 11.0. The van der Waals surface area contributed by atoms with Crippen LogP contribution in [0.15, 0.2) is 12.1 Å². The minimum absolute atomic E-state index is 0.140. The van der Waals surface area contributed by atoms with Crippen LogP contribution in [0.4, 0.5) is 26.7 Å². The Morgan fingerprint density at radius 1 is 1.00 bits per heavy atom. The van der Waals surface area contributed by atoms with Gasteiger partial charge in [0.1, 0.15) is 5.78 Å². The molecule has 1 unspecified atom stereocenters. The summed E-state index contributed by atoms with van der Waals surface area (Å²) in [5.74, 6) is -2.92. The van der Waals surface area contributed by atoms with Crippen molar-refractivity contribution in [1.82, 2.24) is 9.80 Å². The second kappa shape index (κ2) is 15.6. The van der Waals surface area contributed by atoms with Crippen LogP contribution in [-0.2, 0) is 26.8 Å². The summed E-state index contributed by atoms with van der Waals surface area (Å²) in [6.45, 7) is 6.58. The topological polar surface area (TPSA) is 85.4 Å². The number of methoxy groups -OCH3 is 1. The van der Waals surface area contributed by atoms with Crippen molar-refractivity contribution in [2.24, 2.45) is 23.2 Å². The number of rotatable bonds is 11. The van der Waals surface area contributed by atoms with Gasteiger partial charge in [0.15, 0.2) is 11.5 Å². The van der Waals surface area contributed by atoms with E-state index in [9.17, 15) is 35.8 Å². The summed E-state index contributed by atoms with van der Waals surface area (Å²) >= 11 is 0. The third-order valence-electron chi connectivity index (χ3n) is 12.6. The van der Waals surface area contributed by atoms with E-state index in [0.29, 0.717) is 62.1 Å². The highest BCUT2D eigenvalue weighted by molar-refractivity contribution is 7.84. The molecule has 5 aliphatic rings. The van der Waals surface area contributed by atoms with E-state index < -0.39 is 47.2 Å². The van der Waals surface area contributed by atoms with Crippen molar-refractivity contribution in [2.75, 3.05) is 58.0 Å². The van der Waals surface area contributed by atoms with Crippen LogP contribution in [0.25, 0.3) is 0 Å². The first kappa shape index (κ1) is 38.4. The van der Waals surface area contributed by atoms with Gasteiger partial charge in [-0.3, -0.25) is 13.9 Å². The number of hydrogen-bond acceptors (Lipinski definition) is 7. The first-order valence-corrected chi connectivity index (χ1v) is 20.0. The molecule has 2 saturated carbocycles. The normalized spacial score (nSPS) is 29.6. The van der Waals surface area contributed by atoms with Crippen molar-refractivity contribution in [3.05, 3.63) is 23.3 Å². The number of alkyl halides is 5. The Kier molecular flexibility index (Phi) is 11.7. The lowest BCUT2D eigenvalue weighted by molar-refractivity contribution is -0.284. The molecule has 14 heteroatoms. The minimum atomic E-state index is -5.61. The fraction of sp³-hybridized carbons (Fsp3) is 0.784. The van der Waals surface area contributed by atoms with E-state index in [-0.39, 0.29) is 35.2 Å². The van der Waals surface area contributed by atoms with Gasteiger partial charge in [0.2, 0.25) is 0 Å². The lowest BCUT2D eigenvalue weighted by Gasteiger charge is -2.52. The van der Waals surface area contributed by atoms with E-state index in [1.54, 1.807) is 12.0 Å². The fourth-order valence-electron chi connectivity index (χ4n) is 9.80. The van der Waals surface area contributed by atoms with Crippen molar-refractivity contribution in [3.63, 3.8) is 0 Å². The number of fused-ring (bicyclic) bond motifs is 5. The Morgan fingerprint density at radius 2 is 1.71 bits per heavy atom. The lowest BCUT2D eigenvalue weighted by Crippen LogP contribution is -2.50. The Labute approximate surface area is 299 Å². The van der Waals surface area contributed by atoms with Gasteiger partial charge < -0.3 is 19.1 Å². The summed E-state index contributed by atoms with van der Waals surface area (Å²) in [7, 11) is 0.0404. The van der Waals surface area contributed by atoms with Gasteiger partial charge in [-0.25, -0.2) is 4.79 Å². The summed E-state index contributed by atoms with van der Waals surface area (Å²) in [5, 5.41) is 0. The van der Waals surface area contributed by atoms with Crippen LogP contribution >= 0.6 is 0 Å². The number of carbonyl (C=O) groups excluding carboxylic acids is 2. The Hall–Kier alpha value is -2.32. The van der Waals surface area contributed by atoms with Gasteiger partial charge in [-0.1, -0.05) is 6.92 Å². The van der Waals surface area contributed by atoms with E-state index in [0.717, 1.165) is 69.5 Å². The summed E-state index contributed by atoms with van der Waals surface area (Å²) in [5.41, 5.74) is 1.81. The van der Waals surface area contributed by atoms with Gasteiger partial charge in [0.05, 0.1) is 20.3 Å². The molecule has 2 saturated heterocycles. The lowest BCUT2D eigenvalue weighted by atomic mass is 9.52. The highest BCUT2D eigenvalue weighted by Gasteiger charge is 2.57. The van der Waals surface area contributed by atoms with Crippen LogP contribution in [0.2, 0.25) is 0 Å². The first-order chi connectivity index (χ1) is 24.2. The van der Waals surface area contributed by atoms with E-state index >= 15 is 0 Å². The maximum atomic E-state index is 13.4. The third kappa shape index (κ3) is 8.12. The molecule has 0 spiro atoms. The van der Waals surface area contributed by atoms with E-state index in [4.69, 9.17) is 14.2 Å². The molecule has 286 valence electrons. The molecular weight excluding hydrogens is 695 g/mol. The number of hydrogen-bond donors (Lipinski definition) is 0. The number of likely N-dealkylation sites (tertiary alicyclic amines) is 1. The smallest absolute Gasteiger partial charge is 0.453 e. The van der Waals surface area contributed by atoms with Crippen LogP contribution in [0.1, 0.15) is 88.2 Å². The van der Waals surface area contributed by atoms with Crippen molar-refractivity contribution in [2.45, 2.75) is 102 Å². The molecule has 0 N–H and O–H groups in total. The summed E-state index contributed by atoms with van der Waals surface area (Å²) in [6, 6.07) is 4.34. The largest absolute Gasteiger partial charge is 0.493 e. The van der Waals surface area contributed by atoms with Crippen LogP contribution in [-0.4, -0.2) is 102 Å². The number of nitrogens with zero attached hydrogens (tertiary/aromatic N) is 2. The molecule has 8 nitrogen and oxygen atoms in total. The first-order valence-electron chi connectivity index (χ1n) is 18.5. The van der Waals surface area contributed by atoms with E-state index in [2.05, 4.69) is 11.8 Å². The number of ether oxygens (including phenoxy) is 3. The molecule has 2 heterocycles. The summed E-state index contributed by atoms with van der Waals surface area (Å²) in [6.07, 6.45) is -1.26. The SMILES string of the molecule is COc1cc2c(cc1OC(=O)N1CCC(N3CCOCC3)CC1)C[C@@H](CCCS(=O)CCCC(F)(F)C(F)(F)F)[C@@H]1[C@@H]2CC[C@]2(C)C(=O)CC[C@@H]12. The van der Waals surface area contributed by atoms with Gasteiger partial charge in [-0.2, -0.15) is 22.0 Å². The van der Waals surface area contributed by atoms with Gasteiger partial charge in [-0.05, 0) is 105 Å². The Bertz CT molecular complexity index is 1450. The third-order valence-corrected chi connectivity index (χ3v) is 14.1. The predicted molar refractivity (Wildman–Crippen MR) is 182 cm³/mol. The Balaban J connectivity index is 1.14. The molecule has 4 fully saturated rings. The molecular formula is C37H51F5N2O6S. The molecule has 2 aliphatic heterocycles. The average Bonchev–Trinajstić information content (AvgIpc) is 3.41. The molecule has 51 heavy (non-hydrogen) atoms.